The summed E-state index contributed by atoms with van der Waals surface area (Å²) in [7, 11) is 0. The van der Waals surface area contributed by atoms with Crippen LogP contribution in [0.25, 0.3) is 0 Å². The number of rotatable bonds is 5. The summed E-state index contributed by atoms with van der Waals surface area (Å²) >= 11 is 0. The summed E-state index contributed by atoms with van der Waals surface area (Å²) in [6.07, 6.45) is 2.23. The van der Waals surface area contributed by atoms with Gasteiger partial charge in [0.1, 0.15) is 5.75 Å². The highest BCUT2D eigenvalue weighted by Gasteiger charge is 2.27. The van der Waals surface area contributed by atoms with Crippen LogP contribution >= 0.6 is 0 Å². The van der Waals surface area contributed by atoms with Crippen LogP contribution in [0.15, 0.2) is 12.1 Å². The molecule has 1 aliphatic heterocycles. The number of nitrogens with one attached hydrogen (secondary N) is 1. The zero-order chi connectivity index (χ0) is 16.3. The lowest BCUT2D eigenvalue weighted by molar-refractivity contribution is -0.122. The second-order valence-electron chi connectivity index (χ2n) is 6.48. The van der Waals surface area contributed by atoms with Crippen molar-refractivity contribution in [2.24, 2.45) is 5.73 Å². The Labute approximate surface area is 133 Å². The van der Waals surface area contributed by atoms with Gasteiger partial charge in [-0.2, -0.15) is 0 Å². The summed E-state index contributed by atoms with van der Waals surface area (Å²) < 4.78 is 5.89. The van der Waals surface area contributed by atoms with Gasteiger partial charge in [-0.25, -0.2) is 0 Å². The first-order valence-corrected chi connectivity index (χ1v) is 8.29. The minimum absolute atomic E-state index is 0.0269. The van der Waals surface area contributed by atoms with Gasteiger partial charge in [-0.3, -0.25) is 4.79 Å². The van der Waals surface area contributed by atoms with E-state index in [9.17, 15) is 4.79 Å². The van der Waals surface area contributed by atoms with Crippen LogP contribution < -0.4 is 15.8 Å². The molecule has 1 aliphatic rings. The van der Waals surface area contributed by atoms with Gasteiger partial charge < -0.3 is 15.8 Å². The number of carbonyl (C=O) groups excluding carboxylic acids is 1. The summed E-state index contributed by atoms with van der Waals surface area (Å²) in [5.41, 5.74) is 9.49. The molecule has 0 fully saturated rings. The summed E-state index contributed by atoms with van der Waals surface area (Å²) in [6, 6.07) is 4.25. The third-order valence-electron chi connectivity index (χ3n) is 4.17. The van der Waals surface area contributed by atoms with Gasteiger partial charge in [0.25, 0.3) is 0 Å². The van der Waals surface area contributed by atoms with E-state index < -0.39 is 0 Å². The van der Waals surface area contributed by atoms with Gasteiger partial charge in [-0.1, -0.05) is 26.8 Å². The molecule has 22 heavy (non-hydrogen) atoms. The van der Waals surface area contributed by atoms with Crippen molar-refractivity contribution in [1.29, 1.82) is 0 Å². The average Bonchev–Trinajstić information content (AvgIpc) is 2.46. The largest absolute Gasteiger partial charge is 0.493 e. The molecular formula is C18H28N2O2. The van der Waals surface area contributed by atoms with Crippen LogP contribution in [0.2, 0.25) is 0 Å². The molecule has 4 heteroatoms. The second kappa shape index (κ2) is 7.14. The molecule has 4 nitrogen and oxygen atoms in total. The number of fused-ring (bicyclic) bond motifs is 1. The summed E-state index contributed by atoms with van der Waals surface area (Å²) in [5, 5.41) is 3.15. The quantitative estimate of drug-likeness (QED) is 0.874. The van der Waals surface area contributed by atoms with Crippen LogP contribution in [-0.2, 0) is 4.79 Å². The smallest absolute Gasteiger partial charge is 0.220 e. The molecule has 1 amide bonds. The van der Waals surface area contributed by atoms with E-state index in [4.69, 9.17) is 10.5 Å². The molecule has 1 aromatic rings. The molecule has 2 atom stereocenters. The zero-order valence-corrected chi connectivity index (χ0v) is 14.1. The number of ether oxygens (including phenoxy) is 1. The fourth-order valence-corrected chi connectivity index (χ4v) is 2.87. The molecular weight excluding hydrogens is 276 g/mol. The predicted octanol–water partition coefficient (Wildman–Crippen LogP) is 3.57. The van der Waals surface area contributed by atoms with Crippen LogP contribution in [-0.4, -0.2) is 12.5 Å². The van der Waals surface area contributed by atoms with Gasteiger partial charge >= 0.3 is 0 Å². The molecule has 0 saturated carbocycles. The van der Waals surface area contributed by atoms with E-state index in [0.29, 0.717) is 18.9 Å². The molecule has 0 aromatic heterocycles. The van der Waals surface area contributed by atoms with Crippen molar-refractivity contribution in [3.05, 3.63) is 28.8 Å². The minimum atomic E-state index is -0.0856. The fourth-order valence-electron chi connectivity index (χ4n) is 2.87. The van der Waals surface area contributed by atoms with Crippen molar-refractivity contribution in [3.8, 4) is 5.75 Å². The maximum Gasteiger partial charge on any atom is 0.220 e. The molecule has 2 unspecified atom stereocenters. The first kappa shape index (κ1) is 16.8. The zero-order valence-electron chi connectivity index (χ0n) is 14.1. The van der Waals surface area contributed by atoms with Gasteiger partial charge in [0.15, 0.2) is 0 Å². The Balaban J connectivity index is 2.41. The van der Waals surface area contributed by atoms with Crippen LogP contribution in [0.5, 0.6) is 5.75 Å². The monoisotopic (exact) mass is 304 g/mol. The Morgan fingerprint density at radius 3 is 2.73 bits per heavy atom. The van der Waals surface area contributed by atoms with E-state index in [0.717, 1.165) is 29.7 Å². The van der Waals surface area contributed by atoms with Crippen molar-refractivity contribution in [2.45, 2.75) is 65.0 Å². The Morgan fingerprint density at radius 2 is 2.14 bits per heavy atom. The number of hydrogen-bond donors (Lipinski definition) is 2. The van der Waals surface area contributed by atoms with Crippen LogP contribution in [0.4, 0.5) is 0 Å². The van der Waals surface area contributed by atoms with E-state index in [2.05, 4.69) is 31.3 Å². The van der Waals surface area contributed by atoms with Crippen molar-refractivity contribution >= 4 is 5.91 Å². The van der Waals surface area contributed by atoms with Gasteiger partial charge in [0.05, 0.1) is 12.6 Å². The van der Waals surface area contributed by atoms with Gasteiger partial charge in [-0.05, 0) is 30.9 Å². The van der Waals surface area contributed by atoms with E-state index in [1.165, 1.54) is 5.56 Å². The molecule has 2 rings (SSSR count). The molecule has 0 aliphatic carbocycles. The Hall–Kier alpha value is -1.55. The lowest BCUT2D eigenvalue weighted by Gasteiger charge is -2.30. The van der Waals surface area contributed by atoms with Crippen LogP contribution in [0.1, 0.15) is 81.6 Å². The summed E-state index contributed by atoms with van der Waals surface area (Å²) in [5.74, 6) is 1.39. The maximum absolute atomic E-state index is 12.0. The first-order valence-electron chi connectivity index (χ1n) is 8.29. The van der Waals surface area contributed by atoms with E-state index in [-0.39, 0.29) is 18.0 Å². The van der Waals surface area contributed by atoms with Gasteiger partial charge in [0, 0.05) is 30.0 Å². The highest BCUT2D eigenvalue weighted by molar-refractivity contribution is 5.76. The standard InChI is InChI=1S/C18H28N2O2/c1-5-6-17(21)20-16-7-8-22-18-14(12(4)19)9-13(11(2)3)10-15(16)18/h9-12,16H,5-8,19H2,1-4H3,(H,20,21). The molecule has 122 valence electrons. The Morgan fingerprint density at radius 1 is 1.41 bits per heavy atom. The van der Waals surface area contributed by atoms with Crippen molar-refractivity contribution < 1.29 is 9.53 Å². The van der Waals surface area contributed by atoms with E-state index in [1.54, 1.807) is 0 Å². The highest BCUT2D eigenvalue weighted by atomic mass is 16.5. The number of hydrogen-bond acceptors (Lipinski definition) is 3. The topological polar surface area (TPSA) is 64.3 Å². The summed E-state index contributed by atoms with van der Waals surface area (Å²) in [6.45, 7) is 8.94. The number of amides is 1. The lowest BCUT2D eigenvalue weighted by Crippen LogP contribution is -2.32. The van der Waals surface area contributed by atoms with E-state index >= 15 is 0 Å². The average molecular weight is 304 g/mol. The molecule has 0 spiro atoms. The van der Waals surface area contributed by atoms with Gasteiger partial charge in [-0.15, -0.1) is 0 Å². The third kappa shape index (κ3) is 3.61. The summed E-state index contributed by atoms with van der Waals surface area (Å²) in [4.78, 5) is 12.0. The highest BCUT2D eigenvalue weighted by Crippen LogP contribution is 2.39. The van der Waals surface area contributed by atoms with Crippen LogP contribution in [0.3, 0.4) is 0 Å². The molecule has 1 heterocycles. The molecule has 1 aromatic carbocycles. The molecule has 0 radical (unpaired) electrons. The molecule has 0 bridgehead atoms. The Bertz CT molecular complexity index is 538. The van der Waals surface area contributed by atoms with Crippen molar-refractivity contribution in [1.82, 2.24) is 5.32 Å². The third-order valence-corrected chi connectivity index (χ3v) is 4.17. The SMILES string of the molecule is CCCC(=O)NC1CCOc2c(C(C)N)cc(C(C)C)cc21. The number of benzene rings is 1. The molecule has 0 saturated heterocycles. The maximum atomic E-state index is 12.0. The fraction of sp³-hybridized carbons (Fsp3) is 0.611. The number of nitrogens with two attached hydrogens (primary N) is 1. The number of carbonyl (C=O) groups is 1. The first-order chi connectivity index (χ1) is 10.4. The lowest BCUT2D eigenvalue weighted by atomic mass is 9.89. The van der Waals surface area contributed by atoms with Crippen molar-refractivity contribution in [3.63, 3.8) is 0 Å². The normalized spacial score (nSPS) is 18.5. The predicted molar refractivity (Wildman–Crippen MR) is 89.0 cm³/mol. The Kier molecular flexibility index (Phi) is 5.46. The van der Waals surface area contributed by atoms with Gasteiger partial charge in [0.2, 0.25) is 5.91 Å². The molecule has 3 N–H and O–H groups in total. The minimum Gasteiger partial charge on any atom is -0.493 e. The second-order valence-corrected chi connectivity index (χ2v) is 6.48. The van der Waals surface area contributed by atoms with Crippen LogP contribution in [0, 0.1) is 0 Å². The van der Waals surface area contributed by atoms with Crippen molar-refractivity contribution in [2.75, 3.05) is 6.61 Å². The van der Waals surface area contributed by atoms with E-state index in [1.807, 2.05) is 13.8 Å².